The van der Waals surface area contributed by atoms with Gasteiger partial charge in [0.15, 0.2) is 0 Å². The van der Waals surface area contributed by atoms with Crippen LogP contribution in [0.4, 0.5) is 9.57 Å². The molecule has 0 spiro atoms. The highest BCUT2D eigenvalue weighted by Crippen LogP contribution is 2.29. The van der Waals surface area contributed by atoms with Crippen LogP contribution < -0.4 is 4.90 Å². The number of carbonyl (C=O) groups is 1. The highest BCUT2D eigenvalue weighted by atomic mass is 32.3. The van der Waals surface area contributed by atoms with E-state index in [9.17, 15) is 17.1 Å². The fourth-order valence-electron chi connectivity index (χ4n) is 2.55. The predicted octanol–water partition coefficient (Wildman–Crippen LogP) is 2.14. The average molecular weight is 324 g/mol. The van der Waals surface area contributed by atoms with Gasteiger partial charge in [-0.2, -0.15) is 13.7 Å². The zero-order valence-corrected chi connectivity index (χ0v) is 13.2. The molecule has 1 aliphatic rings. The van der Waals surface area contributed by atoms with E-state index in [-0.39, 0.29) is 18.9 Å². The Morgan fingerprint density at radius 3 is 2.45 bits per heavy atom. The maximum Gasteiger partial charge on any atom is 0.302 e. The summed E-state index contributed by atoms with van der Waals surface area (Å²) < 4.78 is 34.1. The largest absolute Gasteiger partial charge is 0.312 e. The Morgan fingerprint density at radius 1 is 1.36 bits per heavy atom. The highest BCUT2D eigenvalue weighted by molar-refractivity contribution is 7.86. The number of nitrogens with zero attached hydrogens (tertiary/aromatic N) is 2. The lowest BCUT2D eigenvalue weighted by atomic mass is 9.86. The minimum atomic E-state index is -4.58. The molecule has 1 amide bonds. The molecule has 1 atom stereocenters. The summed E-state index contributed by atoms with van der Waals surface area (Å²) in [6.07, 6.45) is 0.0224. The molecule has 2 rings (SSSR count). The van der Waals surface area contributed by atoms with E-state index < -0.39 is 27.3 Å². The summed E-state index contributed by atoms with van der Waals surface area (Å²) in [5.74, 6) is -1.38. The third kappa shape index (κ3) is 3.63. The molecule has 0 bridgehead atoms. The second-order valence-electron chi connectivity index (χ2n) is 6.06. The van der Waals surface area contributed by atoms with Crippen LogP contribution in [-0.2, 0) is 20.4 Å². The summed E-state index contributed by atoms with van der Waals surface area (Å²) in [6.45, 7) is 3.78. The summed E-state index contributed by atoms with van der Waals surface area (Å²) >= 11 is 0. The number of anilines is 1. The lowest BCUT2D eigenvalue weighted by molar-refractivity contribution is -0.117. The predicted molar refractivity (Wildman–Crippen MR) is 80.4 cm³/mol. The standard InChI is InChI=1S/C15H17FN2O3S/c1-15(2,10-17)12-3-5-13(6-4-12)18-8-11(7-14(18)19)9-22(16,20)21/h3-6,11H,7-9H2,1-2H3. The lowest BCUT2D eigenvalue weighted by Crippen LogP contribution is -2.25. The molecule has 7 heteroatoms. The molecule has 1 unspecified atom stereocenters. The third-order valence-corrected chi connectivity index (χ3v) is 4.69. The van der Waals surface area contributed by atoms with Gasteiger partial charge in [0.2, 0.25) is 5.91 Å². The molecule has 1 heterocycles. The Labute approximate surface area is 129 Å². The zero-order valence-electron chi connectivity index (χ0n) is 12.4. The van der Waals surface area contributed by atoms with E-state index in [1.54, 1.807) is 38.1 Å². The van der Waals surface area contributed by atoms with Crippen LogP contribution in [0.1, 0.15) is 25.8 Å². The maximum absolute atomic E-state index is 12.7. The van der Waals surface area contributed by atoms with Crippen LogP contribution in [0.3, 0.4) is 0 Å². The first-order valence-corrected chi connectivity index (χ1v) is 8.42. The van der Waals surface area contributed by atoms with Crippen LogP contribution in [0.25, 0.3) is 0 Å². The van der Waals surface area contributed by atoms with Crippen molar-refractivity contribution in [3.63, 3.8) is 0 Å². The van der Waals surface area contributed by atoms with Gasteiger partial charge >= 0.3 is 10.2 Å². The van der Waals surface area contributed by atoms with E-state index in [4.69, 9.17) is 5.26 Å². The Morgan fingerprint density at radius 2 is 1.95 bits per heavy atom. The summed E-state index contributed by atoms with van der Waals surface area (Å²) in [5, 5.41) is 9.11. The molecular weight excluding hydrogens is 307 g/mol. The van der Waals surface area contributed by atoms with Crippen molar-refractivity contribution >= 4 is 21.8 Å². The summed E-state index contributed by atoms with van der Waals surface area (Å²) in [7, 11) is -4.58. The van der Waals surface area contributed by atoms with Gasteiger partial charge < -0.3 is 4.90 Å². The first kappa shape index (κ1) is 16.4. The van der Waals surface area contributed by atoms with Crippen molar-refractivity contribution in [3.8, 4) is 6.07 Å². The molecule has 1 fully saturated rings. The quantitative estimate of drug-likeness (QED) is 0.795. The number of hydrogen-bond acceptors (Lipinski definition) is 4. The fraction of sp³-hybridized carbons (Fsp3) is 0.467. The van der Waals surface area contributed by atoms with Crippen LogP contribution in [0, 0.1) is 17.2 Å². The van der Waals surface area contributed by atoms with Gasteiger partial charge in [-0.1, -0.05) is 12.1 Å². The van der Waals surface area contributed by atoms with Crippen LogP contribution >= 0.6 is 0 Å². The van der Waals surface area contributed by atoms with Gasteiger partial charge in [0, 0.05) is 24.6 Å². The van der Waals surface area contributed by atoms with E-state index in [1.807, 2.05) is 0 Å². The number of rotatable bonds is 4. The molecule has 1 aromatic carbocycles. The van der Waals surface area contributed by atoms with Crippen LogP contribution in [0.2, 0.25) is 0 Å². The van der Waals surface area contributed by atoms with E-state index in [0.29, 0.717) is 5.69 Å². The smallest absolute Gasteiger partial charge is 0.302 e. The van der Waals surface area contributed by atoms with Gasteiger partial charge in [-0.25, -0.2) is 0 Å². The van der Waals surface area contributed by atoms with Crippen LogP contribution in [-0.4, -0.2) is 26.6 Å². The van der Waals surface area contributed by atoms with E-state index in [0.717, 1.165) is 5.56 Å². The topological polar surface area (TPSA) is 78.2 Å². The van der Waals surface area contributed by atoms with Gasteiger partial charge in [0.05, 0.1) is 17.2 Å². The van der Waals surface area contributed by atoms with Gasteiger partial charge in [-0.3, -0.25) is 4.79 Å². The Kier molecular flexibility index (Phi) is 4.25. The molecule has 5 nitrogen and oxygen atoms in total. The summed E-state index contributed by atoms with van der Waals surface area (Å²) in [4.78, 5) is 13.4. The number of carbonyl (C=O) groups excluding carboxylic acids is 1. The van der Waals surface area contributed by atoms with Gasteiger partial charge in [0.25, 0.3) is 0 Å². The molecule has 22 heavy (non-hydrogen) atoms. The molecule has 1 aliphatic heterocycles. The SMILES string of the molecule is CC(C)(C#N)c1ccc(N2CC(CS(=O)(=O)F)CC2=O)cc1. The van der Waals surface area contributed by atoms with E-state index in [2.05, 4.69) is 6.07 Å². The molecule has 0 aromatic heterocycles. The second kappa shape index (κ2) is 5.69. The third-order valence-electron chi connectivity index (χ3n) is 3.82. The number of halogens is 1. The van der Waals surface area contributed by atoms with Crippen LogP contribution in [0.15, 0.2) is 24.3 Å². The fourth-order valence-corrected chi connectivity index (χ4v) is 3.33. The van der Waals surface area contributed by atoms with Crippen molar-refractivity contribution in [3.05, 3.63) is 29.8 Å². The zero-order chi connectivity index (χ0) is 16.5. The summed E-state index contributed by atoms with van der Waals surface area (Å²) in [6, 6.07) is 9.18. The second-order valence-corrected chi connectivity index (χ2v) is 7.47. The van der Waals surface area contributed by atoms with Crippen molar-refractivity contribution in [1.29, 1.82) is 5.26 Å². The molecule has 0 aliphatic carbocycles. The van der Waals surface area contributed by atoms with Crippen LogP contribution in [0.5, 0.6) is 0 Å². The highest BCUT2D eigenvalue weighted by Gasteiger charge is 2.33. The first-order chi connectivity index (χ1) is 10.1. The van der Waals surface area contributed by atoms with Crippen molar-refractivity contribution < 1.29 is 17.1 Å². The van der Waals surface area contributed by atoms with Gasteiger partial charge in [-0.15, -0.1) is 3.89 Å². The molecule has 0 radical (unpaired) electrons. The molecule has 0 saturated carbocycles. The van der Waals surface area contributed by atoms with Crippen molar-refractivity contribution in [2.75, 3.05) is 17.2 Å². The molecule has 0 N–H and O–H groups in total. The van der Waals surface area contributed by atoms with Gasteiger partial charge in [0.1, 0.15) is 0 Å². The molecule has 118 valence electrons. The van der Waals surface area contributed by atoms with Crippen molar-refractivity contribution in [1.82, 2.24) is 0 Å². The normalized spacial score (nSPS) is 19.3. The minimum absolute atomic E-state index is 0.0224. The Balaban J connectivity index is 2.16. The van der Waals surface area contributed by atoms with Crippen molar-refractivity contribution in [2.45, 2.75) is 25.7 Å². The number of benzene rings is 1. The van der Waals surface area contributed by atoms with E-state index in [1.165, 1.54) is 4.90 Å². The van der Waals surface area contributed by atoms with E-state index >= 15 is 0 Å². The molecule has 1 saturated heterocycles. The maximum atomic E-state index is 12.7. The number of hydrogen-bond donors (Lipinski definition) is 0. The monoisotopic (exact) mass is 324 g/mol. The Hall–Kier alpha value is -1.94. The minimum Gasteiger partial charge on any atom is -0.312 e. The Bertz CT molecular complexity index is 720. The van der Waals surface area contributed by atoms with Gasteiger partial charge in [-0.05, 0) is 31.5 Å². The van der Waals surface area contributed by atoms with Crippen molar-refractivity contribution in [2.24, 2.45) is 5.92 Å². The number of nitriles is 1. The molecule has 1 aromatic rings. The number of amides is 1. The lowest BCUT2D eigenvalue weighted by Gasteiger charge is -2.20. The average Bonchev–Trinajstić information content (AvgIpc) is 2.77. The molecular formula is C15H17FN2O3S. The summed E-state index contributed by atoms with van der Waals surface area (Å²) in [5.41, 5.74) is 0.827. The first-order valence-electron chi connectivity index (χ1n) is 6.87.